The highest BCUT2D eigenvalue weighted by Crippen LogP contribution is 2.44. The van der Waals surface area contributed by atoms with Gasteiger partial charge in [-0.3, -0.25) is 9.48 Å². The van der Waals surface area contributed by atoms with Crippen molar-refractivity contribution in [2.75, 3.05) is 13.7 Å². The predicted molar refractivity (Wildman–Crippen MR) is 88.7 cm³/mol. The van der Waals surface area contributed by atoms with Crippen LogP contribution in [0.25, 0.3) is 0 Å². The first-order valence-electron chi connectivity index (χ1n) is 8.06. The van der Waals surface area contributed by atoms with E-state index in [4.69, 9.17) is 4.74 Å². The minimum Gasteiger partial charge on any atom is -0.496 e. The van der Waals surface area contributed by atoms with Crippen molar-refractivity contribution in [3.63, 3.8) is 0 Å². The van der Waals surface area contributed by atoms with E-state index in [0.717, 1.165) is 18.6 Å². The van der Waals surface area contributed by atoms with Crippen LogP contribution in [0.3, 0.4) is 0 Å². The fourth-order valence-corrected chi connectivity index (χ4v) is 3.61. The number of carbonyl (C=O) groups is 1. The van der Waals surface area contributed by atoms with Crippen LogP contribution in [0.5, 0.6) is 5.75 Å². The molecule has 1 fully saturated rings. The van der Waals surface area contributed by atoms with Gasteiger partial charge in [0.2, 0.25) is 0 Å². The maximum Gasteiger partial charge on any atom is 0.269 e. The van der Waals surface area contributed by atoms with Crippen molar-refractivity contribution in [3.05, 3.63) is 47.8 Å². The van der Waals surface area contributed by atoms with Crippen LogP contribution in [0.2, 0.25) is 0 Å². The largest absolute Gasteiger partial charge is 0.496 e. The van der Waals surface area contributed by atoms with Gasteiger partial charge in [0.1, 0.15) is 11.4 Å². The average molecular weight is 313 g/mol. The number of rotatable bonds is 5. The second-order valence-corrected chi connectivity index (χ2v) is 6.21. The Morgan fingerprint density at radius 1 is 1.30 bits per heavy atom. The summed E-state index contributed by atoms with van der Waals surface area (Å²) in [6.45, 7) is 0.622. The number of carbonyl (C=O) groups excluding carboxylic acids is 1. The summed E-state index contributed by atoms with van der Waals surface area (Å²) in [7, 11) is 3.48. The topological polar surface area (TPSA) is 56.1 Å². The van der Waals surface area contributed by atoms with E-state index in [0.29, 0.717) is 12.2 Å². The molecule has 2 aromatic rings. The molecule has 1 aliphatic carbocycles. The zero-order valence-electron chi connectivity index (χ0n) is 13.7. The molecule has 5 heteroatoms. The Bertz CT molecular complexity index is 687. The van der Waals surface area contributed by atoms with Crippen LogP contribution in [0, 0.1) is 0 Å². The predicted octanol–water partition coefficient (Wildman–Crippen LogP) is 2.67. The highest BCUT2D eigenvalue weighted by atomic mass is 16.5. The monoisotopic (exact) mass is 313 g/mol. The van der Waals surface area contributed by atoms with Gasteiger partial charge < -0.3 is 10.1 Å². The van der Waals surface area contributed by atoms with Crippen molar-refractivity contribution in [1.82, 2.24) is 15.1 Å². The van der Waals surface area contributed by atoms with Crippen molar-refractivity contribution in [2.24, 2.45) is 7.05 Å². The summed E-state index contributed by atoms with van der Waals surface area (Å²) in [6.07, 6.45) is 6.14. The molecule has 1 amide bonds. The first-order valence-corrected chi connectivity index (χ1v) is 8.06. The molecular weight excluding hydrogens is 290 g/mol. The number of para-hydroxylation sites is 1. The van der Waals surface area contributed by atoms with Gasteiger partial charge in [-0.05, 0) is 25.0 Å². The summed E-state index contributed by atoms with van der Waals surface area (Å²) in [4.78, 5) is 12.4. The summed E-state index contributed by atoms with van der Waals surface area (Å²) in [5.74, 6) is 0.829. The van der Waals surface area contributed by atoms with E-state index >= 15 is 0 Å². The average Bonchev–Trinajstić information content (AvgIpc) is 3.22. The summed E-state index contributed by atoms with van der Waals surface area (Å²) in [5, 5.41) is 7.16. The zero-order valence-corrected chi connectivity index (χ0v) is 13.7. The standard InChI is InChI=1S/C18H23N3O2/c1-21-15(9-12-20-21)17(22)19-13-18(10-5-6-11-18)14-7-3-4-8-16(14)23-2/h3-4,7-9,12H,5-6,10-11,13H2,1-2H3,(H,19,22). The molecule has 1 heterocycles. The maximum atomic E-state index is 12.4. The number of ether oxygens (including phenoxy) is 1. The second-order valence-electron chi connectivity index (χ2n) is 6.21. The lowest BCUT2D eigenvalue weighted by Gasteiger charge is -2.31. The quantitative estimate of drug-likeness (QED) is 0.923. The van der Waals surface area contributed by atoms with E-state index in [1.165, 1.54) is 18.4 Å². The Morgan fingerprint density at radius 3 is 2.70 bits per heavy atom. The molecule has 23 heavy (non-hydrogen) atoms. The van der Waals surface area contributed by atoms with Gasteiger partial charge in [-0.2, -0.15) is 5.10 Å². The third-order valence-corrected chi connectivity index (χ3v) is 4.88. The Morgan fingerprint density at radius 2 is 2.04 bits per heavy atom. The van der Waals surface area contributed by atoms with Crippen molar-refractivity contribution in [2.45, 2.75) is 31.1 Å². The van der Waals surface area contributed by atoms with Gasteiger partial charge in [-0.25, -0.2) is 0 Å². The maximum absolute atomic E-state index is 12.4. The molecule has 0 atom stereocenters. The van der Waals surface area contributed by atoms with Crippen LogP contribution in [0.15, 0.2) is 36.5 Å². The van der Waals surface area contributed by atoms with Crippen LogP contribution in [0.4, 0.5) is 0 Å². The smallest absolute Gasteiger partial charge is 0.269 e. The lowest BCUT2D eigenvalue weighted by molar-refractivity contribution is 0.0933. The van der Waals surface area contributed by atoms with Crippen LogP contribution in [-0.4, -0.2) is 29.3 Å². The normalized spacial score (nSPS) is 16.3. The number of hydrogen-bond donors (Lipinski definition) is 1. The lowest BCUT2D eigenvalue weighted by atomic mass is 9.78. The Balaban J connectivity index is 1.82. The molecule has 0 spiro atoms. The minimum absolute atomic E-state index is 0.0408. The third kappa shape index (κ3) is 2.96. The minimum atomic E-state index is -0.0776. The number of amides is 1. The Kier molecular flexibility index (Phi) is 4.37. The Labute approximate surface area is 136 Å². The molecule has 1 aromatic heterocycles. The van der Waals surface area contributed by atoms with Crippen LogP contribution in [0.1, 0.15) is 41.7 Å². The van der Waals surface area contributed by atoms with Gasteiger partial charge >= 0.3 is 0 Å². The van der Waals surface area contributed by atoms with Gasteiger partial charge in [-0.15, -0.1) is 0 Å². The summed E-state index contributed by atoms with van der Waals surface area (Å²) in [6, 6.07) is 9.89. The number of hydrogen-bond acceptors (Lipinski definition) is 3. The third-order valence-electron chi connectivity index (χ3n) is 4.88. The summed E-state index contributed by atoms with van der Waals surface area (Å²) < 4.78 is 7.15. The number of aromatic nitrogens is 2. The molecule has 1 N–H and O–H groups in total. The van der Waals surface area contributed by atoms with Gasteiger partial charge in [-0.1, -0.05) is 31.0 Å². The number of nitrogens with zero attached hydrogens (tertiary/aromatic N) is 2. The molecule has 1 saturated carbocycles. The fraction of sp³-hybridized carbons (Fsp3) is 0.444. The molecule has 0 bridgehead atoms. The van der Waals surface area contributed by atoms with E-state index < -0.39 is 0 Å². The Hall–Kier alpha value is -2.30. The molecular formula is C18H23N3O2. The molecule has 3 rings (SSSR count). The van der Waals surface area contributed by atoms with Crippen LogP contribution < -0.4 is 10.1 Å². The SMILES string of the molecule is COc1ccccc1C1(CNC(=O)c2ccnn2C)CCCC1. The van der Waals surface area contributed by atoms with Crippen molar-refractivity contribution < 1.29 is 9.53 Å². The molecule has 1 aliphatic rings. The highest BCUT2D eigenvalue weighted by Gasteiger charge is 2.38. The number of aryl methyl sites for hydroxylation is 1. The number of methoxy groups -OCH3 is 1. The van der Waals surface area contributed by atoms with E-state index in [-0.39, 0.29) is 11.3 Å². The highest BCUT2D eigenvalue weighted by molar-refractivity contribution is 5.92. The van der Waals surface area contributed by atoms with E-state index in [9.17, 15) is 4.79 Å². The molecule has 0 saturated heterocycles. The van der Waals surface area contributed by atoms with Gasteiger partial charge in [0.25, 0.3) is 5.91 Å². The van der Waals surface area contributed by atoms with E-state index in [1.807, 2.05) is 18.2 Å². The molecule has 122 valence electrons. The number of benzene rings is 1. The molecule has 1 aromatic carbocycles. The van der Waals surface area contributed by atoms with Crippen molar-refractivity contribution in [1.29, 1.82) is 0 Å². The van der Waals surface area contributed by atoms with Gasteiger partial charge in [0, 0.05) is 30.8 Å². The molecule has 0 radical (unpaired) electrons. The zero-order chi connectivity index (χ0) is 16.3. The molecule has 0 unspecified atom stereocenters. The second kappa shape index (κ2) is 6.44. The van der Waals surface area contributed by atoms with Crippen LogP contribution >= 0.6 is 0 Å². The fourth-order valence-electron chi connectivity index (χ4n) is 3.61. The van der Waals surface area contributed by atoms with Gasteiger partial charge in [0.15, 0.2) is 0 Å². The van der Waals surface area contributed by atoms with Crippen molar-refractivity contribution in [3.8, 4) is 5.75 Å². The van der Waals surface area contributed by atoms with Crippen LogP contribution in [-0.2, 0) is 12.5 Å². The summed E-state index contributed by atoms with van der Waals surface area (Å²) in [5.41, 5.74) is 1.74. The number of nitrogens with one attached hydrogen (secondary N) is 1. The molecule has 0 aliphatic heterocycles. The lowest BCUT2D eigenvalue weighted by Crippen LogP contribution is -2.39. The first kappa shape index (κ1) is 15.6. The first-order chi connectivity index (χ1) is 11.2. The van der Waals surface area contributed by atoms with Gasteiger partial charge in [0.05, 0.1) is 7.11 Å². The van der Waals surface area contributed by atoms with E-state index in [2.05, 4.69) is 16.5 Å². The molecule has 5 nitrogen and oxygen atoms in total. The van der Waals surface area contributed by atoms with E-state index in [1.54, 1.807) is 31.1 Å². The summed E-state index contributed by atoms with van der Waals surface area (Å²) >= 11 is 0. The van der Waals surface area contributed by atoms with Crippen molar-refractivity contribution >= 4 is 5.91 Å².